The second-order valence-corrected chi connectivity index (χ2v) is 21.7. The van der Waals surface area contributed by atoms with Gasteiger partial charge in [-0.25, -0.2) is 0 Å². The average molecular weight is 1150 g/mol. The molecule has 3 fully saturated rings. The number of carbonyl (C=O) groups excluding carboxylic acids is 8. The van der Waals surface area contributed by atoms with Crippen LogP contribution in [0.1, 0.15) is 129 Å². The van der Waals surface area contributed by atoms with Crippen LogP contribution in [0.4, 0.5) is 0 Å². The van der Waals surface area contributed by atoms with E-state index in [1.165, 1.54) is 45.4 Å². The molecule has 3 aliphatic rings. The van der Waals surface area contributed by atoms with E-state index in [9.17, 15) is 92.2 Å². The van der Waals surface area contributed by atoms with Gasteiger partial charge in [0.15, 0.2) is 17.7 Å². The first-order valence-corrected chi connectivity index (χ1v) is 28.2. The Hall–Kier alpha value is -5.79. The highest BCUT2D eigenvalue weighted by Crippen LogP contribution is 2.30. The molecule has 13 atom stereocenters. The fourth-order valence-electron chi connectivity index (χ4n) is 9.89. The molecule has 4 rings (SSSR count). The lowest BCUT2D eigenvalue weighted by Crippen LogP contribution is -2.64. The van der Waals surface area contributed by atoms with Gasteiger partial charge in [-0.05, 0) is 24.1 Å². The lowest BCUT2D eigenvalue weighted by molar-refractivity contribution is -0.148. The molecule has 0 saturated carbocycles. The molecule has 1 aromatic rings. The number of nitrogens with one attached hydrogen (secondary N) is 5. The number of aliphatic hydroxyl groups is 7. The summed E-state index contributed by atoms with van der Waals surface area (Å²) in [5.41, 5.74) is 5.20. The van der Waals surface area contributed by atoms with Crippen molar-refractivity contribution in [3.8, 4) is 11.5 Å². The maximum Gasteiger partial charge on any atom is 0.446 e. The summed E-state index contributed by atoms with van der Waals surface area (Å²) in [7, 11) is -5.23. The summed E-state index contributed by atoms with van der Waals surface area (Å²) < 4.78 is 36.6. The lowest BCUT2D eigenvalue weighted by atomic mass is 9.98. The van der Waals surface area contributed by atoms with E-state index in [1.54, 1.807) is 0 Å². The lowest BCUT2D eigenvalue weighted by Gasteiger charge is -2.33. The maximum absolute atomic E-state index is 14.5. The number of amides is 8. The van der Waals surface area contributed by atoms with E-state index in [2.05, 4.69) is 37.7 Å². The number of unbranched alkanes of at least 4 members (excludes halogenated alkanes) is 12. The zero-order chi connectivity index (χ0) is 58.7. The highest BCUT2D eigenvalue weighted by Gasteiger charge is 2.50. The molecule has 79 heavy (non-hydrogen) atoms. The second kappa shape index (κ2) is 31.3. The summed E-state index contributed by atoms with van der Waals surface area (Å²) >= 11 is 0. The largest absolute Gasteiger partial charge is 0.504 e. The van der Waals surface area contributed by atoms with Gasteiger partial charge in [-0.2, -0.15) is 8.42 Å². The zero-order valence-electron chi connectivity index (χ0n) is 44.5. The molecule has 0 aliphatic carbocycles. The molecule has 3 heterocycles. The summed E-state index contributed by atoms with van der Waals surface area (Å²) in [5, 5.41) is 99.3. The van der Waals surface area contributed by atoms with Crippen LogP contribution in [0.25, 0.3) is 0 Å². The van der Waals surface area contributed by atoms with E-state index in [-0.39, 0.29) is 12.0 Å². The predicted octanol–water partition coefficient (Wildman–Crippen LogP) is -3.50. The Morgan fingerprint density at radius 2 is 1.35 bits per heavy atom. The molecule has 0 bridgehead atoms. The van der Waals surface area contributed by atoms with Crippen molar-refractivity contribution in [3.05, 3.63) is 23.8 Å². The quantitative estimate of drug-likeness (QED) is 0.0353. The van der Waals surface area contributed by atoms with Crippen molar-refractivity contribution in [1.29, 1.82) is 0 Å². The van der Waals surface area contributed by atoms with Crippen LogP contribution in [0.15, 0.2) is 18.2 Å². The van der Waals surface area contributed by atoms with Crippen molar-refractivity contribution in [3.63, 3.8) is 0 Å². The van der Waals surface area contributed by atoms with Crippen LogP contribution in [0, 0.1) is 5.92 Å². The number of nitrogens with two attached hydrogens (primary N) is 1. The van der Waals surface area contributed by atoms with Crippen LogP contribution in [0.3, 0.4) is 0 Å². The average Bonchev–Trinajstić information content (AvgIpc) is 3.99. The molecule has 446 valence electrons. The molecular weight excluding hydrogens is 1060 g/mol. The number of phenols is 1. The fraction of sp³-hybridized carbons (Fsp3) is 0.720. The maximum atomic E-state index is 14.5. The molecule has 5 unspecified atom stereocenters. The molecule has 8 amide bonds. The highest BCUT2D eigenvalue weighted by molar-refractivity contribution is 7.81. The van der Waals surface area contributed by atoms with Crippen LogP contribution in [0.5, 0.6) is 11.5 Å². The van der Waals surface area contributed by atoms with Gasteiger partial charge in [0.25, 0.3) is 0 Å². The molecule has 0 radical (unpaired) electrons. The van der Waals surface area contributed by atoms with Crippen molar-refractivity contribution in [2.75, 3.05) is 19.7 Å². The Morgan fingerprint density at radius 3 is 1.94 bits per heavy atom. The highest BCUT2D eigenvalue weighted by atomic mass is 32.3. The molecule has 3 saturated heterocycles. The summed E-state index contributed by atoms with van der Waals surface area (Å²) in [4.78, 5) is 112. The van der Waals surface area contributed by atoms with Gasteiger partial charge in [0.05, 0.1) is 37.4 Å². The third-order valence-electron chi connectivity index (χ3n) is 14.2. The number of rotatable bonds is 24. The Kier molecular flexibility index (Phi) is 26.0. The van der Waals surface area contributed by atoms with Crippen molar-refractivity contribution in [2.24, 2.45) is 11.7 Å². The van der Waals surface area contributed by atoms with E-state index in [0.29, 0.717) is 17.7 Å². The van der Waals surface area contributed by atoms with Crippen molar-refractivity contribution < 1.29 is 96.4 Å². The van der Waals surface area contributed by atoms with E-state index < -0.39 is 193 Å². The van der Waals surface area contributed by atoms with E-state index in [0.717, 1.165) is 55.2 Å². The number of hydrogen-bond acceptors (Lipinski definition) is 19. The van der Waals surface area contributed by atoms with Gasteiger partial charge in [-0.15, -0.1) is 0 Å². The number of carbonyl (C=O) groups is 8. The molecule has 1 aromatic carbocycles. The summed E-state index contributed by atoms with van der Waals surface area (Å²) in [5.74, 6) is -12.4. The number of phenolic OH excluding ortho intramolecular Hbond substituents is 1. The predicted molar refractivity (Wildman–Crippen MR) is 277 cm³/mol. The topological polar surface area (TPSA) is 455 Å². The number of aromatic hydroxyl groups is 1. The number of aliphatic hydroxyl groups excluding tert-OH is 7. The molecule has 29 heteroatoms. The first-order valence-electron chi connectivity index (χ1n) is 26.8. The molecular formula is C50H80N8O20S. The van der Waals surface area contributed by atoms with Crippen LogP contribution in [-0.2, 0) is 55.2 Å². The third-order valence-corrected chi connectivity index (χ3v) is 14.6. The standard InChI is InChI=1S/C50H80N8O20S/c1-3-4-5-6-7-8-9-10-11-12-13-14-15-16-39(66)52-30-22-36(64)46(70)56-48(72)42-43(67)27(2)24-58(42)50(74)41(35(63)23-38(51)65)55-47(71)40(34(62)19-28-17-18-33(61)37(20-28)78-79(75,76)77)54-45(69)32-21-29(60)25-57(32)49(73)31(26-59)53-44(30)68/h17-18,20,27,29-32,34-36,40-43,46,59-64,67,70H,3-16,19,21-26H2,1-2H3,(H2,51,65)(H,52,66)(H,53,68)(H,54,69)(H,55,71)(H,56,72)(H,75,76,77)/t27?,29-,30+,31+,32+,34?,35?,36?,40+,41+,42+,43+,46?/m1/s1. The number of benzene rings is 1. The summed E-state index contributed by atoms with van der Waals surface area (Å²) in [6, 6.07) is -9.25. The van der Waals surface area contributed by atoms with Gasteiger partial charge >= 0.3 is 10.4 Å². The van der Waals surface area contributed by atoms with Gasteiger partial charge in [0.2, 0.25) is 47.3 Å². The normalized spacial score (nSPS) is 27.6. The van der Waals surface area contributed by atoms with E-state index in [1.807, 2.05) is 0 Å². The van der Waals surface area contributed by atoms with Crippen molar-refractivity contribution in [1.82, 2.24) is 36.4 Å². The second-order valence-electron chi connectivity index (χ2n) is 20.7. The van der Waals surface area contributed by atoms with Crippen LogP contribution in [0.2, 0.25) is 0 Å². The Labute approximate surface area is 458 Å². The minimum atomic E-state index is -5.23. The van der Waals surface area contributed by atoms with Crippen molar-refractivity contribution in [2.45, 2.75) is 202 Å². The zero-order valence-corrected chi connectivity index (χ0v) is 45.3. The fourth-order valence-corrected chi connectivity index (χ4v) is 10.3. The monoisotopic (exact) mass is 1140 g/mol. The first kappa shape index (κ1) is 65.7. The molecule has 0 aromatic heterocycles. The minimum absolute atomic E-state index is 0.0933. The van der Waals surface area contributed by atoms with Crippen LogP contribution < -0.4 is 36.5 Å². The molecule has 3 aliphatic heterocycles. The van der Waals surface area contributed by atoms with Crippen LogP contribution in [-0.4, -0.2) is 204 Å². The minimum Gasteiger partial charge on any atom is -0.504 e. The summed E-state index contributed by atoms with van der Waals surface area (Å²) in [6.45, 7) is 1.31. The first-order chi connectivity index (χ1) is 37.3. The van der Waals surface area contributed by atoms with Gasteiger partial charge in [-0.1, -0.05) is 97.0 Å². The Bertz CT molecular complexity index is 2370. The van der Waals surface area contributed by atoms with Gasteiger partial charge in [0, 0.05) is 44.7 Å². The van der Waals surface area contributed by atoms with E-state index >= 15 is 0 Å². The Balaban J connectivity index is 1.69. The SMILES string of the molecule is CCCCCCCCCCCCCCCC(=O)N[C@H]1CC(O)C(O)NC(=O)[C@@H]2[C@@H](O)C(C)CN2C(=O)[C@H](C(O)CC(N)=O)NC(=O)[C@H](C(O)Cc2ccc(O)c(OS(=O)(=O)O)c2)NC(=O)[C@@H]2C[C@@H](O)CN2C(=O)[C@H](CO)NC1=O. The number of hydrogen-bond donors (Lipinski definition) is 15. The van der Waals surface area contributed by atoms with Crippen LogP contribution >= 0.6 is 0 Å². The molecule has 16 N–H and O–H groups in total. The number of nitrogens with zero attached hydrogens (tertiary/aromatic N) is 2. The number of primary amides is 1. The van der Waals surface area contributed by atoms with Crippen molar-refractivity contribution >= 4 is 57.7 Å². The summed E-state index contributed by atoms with van der Waals surface area (Å²) in [6.07, 6.45) is -1.90. The Morgan fingerprint density at radius 1 is 0.759 bits per heavy atom. The molecule has 0 spiro atoms. The third kappa shape index (κ3) is 20.1. The van der Waals surface area contributed by atoms with E-state index in [4.69, 9.17) is 5.73 Å². The van der Waals surface area contributed by atoms with Gasteiger partial charge < -0.3 is 87.2 Å². The number of fused-ring (bicyclic) bond motifs is 2. The smallest absolute Gasteiger partial charge is 0.446 e. The van der Waals surface area contributed by atoms with Gasteiger partial charge in [0.1, 0.15) is 42.4 Å². The van der Waals surface area contributed by atoms with Gasteiger partial charge in [-0.3, -0.25) is 42.9 Å². The molecule has 28 nitrogen and oxygen atoms in total.